The molecule has 1 amide bonds. The molecular formula is C15H23ClN2O4S. The minimum Gasteiger partial charge on any atom is -0.495 e. The maximum absolute atomic E-state index is 12.0. The molecule has 130 valence electrons. The first-order chi connectivity index (χ1) is 10.7. The number of hydrogen-bond acceptors (Lipinski definition) is 4. The minimum atomic E-state index is -3.53. The number of carbonyl (C=O) groups excluding carboxylic acids is 1. The van der Waals surface area contributed by atoms with Crippen LogP contribution in [-0.4, -0.2) is 40.3 Å². The van der Waals surface area contributed by atoms with E-state index < -0.39 is 10.0 Å². The van der Waals surface area contributed by atoms with Crippen molar-refractivity contribution in [1.29, 1.82) is 0 Å². The number of carbonyl (C=O) groups is 1. The molecule has 0 saturated heterocycles. The largest absolute Gasteiger partial charge is 0.495 e. The zero-order valence-electron chi connectivity index (χ0n) is 13.8. The summed E-state index contributed by atoms with van der Waals surface area (Å²) >= 11 is 6.05. The van der Waals surface area contributed by atoms with Crippen LogP contribution in [0.2, 0.25) is 5.02 Å². The van der Waals surface area contributed by atoms with Crippen LogP contribution in [0.1, 0.15) is 26.7 Å². The Balaban J connectivity index is 2.90. The van der Waals surface area contributed by atoms with Gasteiger partial charge in [0.1, 0.15) is 5.75 Å². The zero-order valence-corrected chi connectivity index (χ0v) is 15.4. The van der Waals surface area contributed by atoms with Crippen LogP contribution < -0.4 is 14.4 Å². The van der Waals surface area contributed by atoms with E-state index in [9.17, 15) is 13.2 Å². The summed E-state index contributed by atoms with van der Waals surface area (Å²) in [5.74, 6) is 0.269. The molecule has 0 bridgehead atoms. The Morgan fingerprint density at radius 1 is 1.43 bits per heavy atom. The van der Waals surface area contributed by atoms with E-state index >= 15 is 0 Å². The van der Waals surface area contributed by atoms with E-state index in [-0.39, 0.29) is 24.9 Å². The van der Waals surface area contributed by atoms with Gasteiger partial charge < -0.3 is 10.1 Å². The number of nitrogens with one attached hydrogen (secondary N) is 1. The fourth-order valence-corrected chi connectivity index (χ4v) is 3.12. The lowest BCUT2D eigenvalue weighted by molar-refractivity contribution is -0.121. The fourth-order valence-electron chi connectivity index (χ4n) is 1.95. The molecule has 1 N–H and O–H groups in total. The Bertz CT molecular complexity index is 649. The van der Waals surface area contributed by atoms with Gasteiger partial charge in [-0.3, -0.25) is 9.10 Å². The first-order valence-corrected chi connectivity index (χ1v) is 9.52. The molecule has 0 spiro atoms. The second-order valence-electron chi connectivity index (χ2n) is 5.28. The normalized spacial score (nSPS) is 12.6. The number of halogens is 1. The van der Waals surface area contributed by atoms with E-state index in [0.29, 0.717) is 16.5 Å². The predicted octanol–water partition coefficient (Wildman–Crippen LogP) is 2.42. The second-order valence-corrected chi connectivity index (χ2v) is 7.59. The van der Waals surface area contributed by atoms with Crippen LogP contribution in [0.3, 0.4) is 0 Å². The molecule has 1 rings (SSSR count). The van der Waals surface area contributed by atoms with Crippen molar-refractivity contribution in [2.45, 2.75) is 32.7 Å². The average Bonchev–Trinajstić information content (AvgIpc) is 2.46. The van der Waals surface area contributed by atoms with Gasteiger partial charge in [-0.2, -0.15) is 0 Å². The van der Waals surface area contributed by atoms with Gasteiger partial charge in [-0.05, 0) is 31.5 Å². The molecular weight excluding hydrogens is 340 g/mol. The van der Waals surface area contributed by atoms with Crippen LogP contribution in [0, 0.1) is 0 Å². The van der Waals surface area contributed by atoms with Gasteiger partial charge in [0.15, 0.2) is 0 Å². The lowest BCUT2D eigenvalue weighted by Gasteiger charge is -2.23. The Labute approximate surface area is 142 Å². The van der Waals surface area contributed by atoms with Gasteiger partial charge >= 0.3 is 0 Å². The molecule has 0 aromatic heterocycles. The average molecular weight is 363 g/mol. The number of anilines is 1. The van der Waals surface area contributed by atoms with E-state index in [4.69, 9.17) is 16.3 Å². The second kappa shape index (κ2) is 8.40. The molecule has 8 heteroatoms. The Hall–Kier alpha value is -1.47. The summed E-state index contributed by atoms with van der Waals surface area (Å²) in [5, 5.41) is 3.12. The number of ether oxygens (including phenoxy) is 1. The zero-order chi connectivity index (χ0) is 17.6. The third-order valence-corrected chi connectivity index (χ3v) is 4.87. The predicted molar refractivity (Wildman–Crippen MR) is 92.7 cm³/mol. The van der Waals surface area contributed by atoms with Crippen LogP contribution in [0.5, 0.6) is 5.75 Å². The van der Waals surface area contributed by atoms with Crippen molar-refractivity contribution in [3.05, 3.63) is 23.2 Å². The molecule has 1 aromatic carbocycles. The van der Waals surface area contributed by atoms with Crippen LogP contribution in [0.4, 0.5) is 5.69 Å². The molecule has 0 aliphatic heterocycles. The highest BCUT2D eigenvalue weighted by atomic mass is 35.5. The van der Waals surface area contributed by atoms with Crippen LogP contribution >= 0.6 is 11.6 Å². The number of sulfonamides is 1. The van der Waals surface area contributed by atoms with Crippen molar-refractivity contribution in [2.24, 2.45) is 0 Å². The van der Waals surface area contributed by atoms with Crippen LogP contribution in [0.15, 0.2) is 18.2 Å². The number of amides is 1. The molecule has 0 aliphatic rings. The molecule has 1 unspecified atom stereocenters. The van der Waals surface area contributed by atoms with Crippen molar-refractivity contribution in [1.82, 2.24) is 5.32 Å². The molecule has 6 nitrogen and oxygen atoms in total. The lowest BCUT2D eigenvalue weighted by Crippen LogP contribution is -2.37. The van der Waals surface area contributed by atoms with Gasteiger partial charge in [0.25, 0.3) is 0 Å². The van der Waals surface area contributed by atoms with Crippen molar-refractivity contribution in [2.75, 3.05) is 24.2 Å². The van der Waals surface area contributed by atoms with Crippen LogP contribution in [-0.2, 0) is 14.8 Å². The molecule has 0 saturated carbocycles. The maximum Gasteiger partial charge on any atom is 0.232 e. The van der Waals surface area contributed by atoms with E-state index in [1.807, 2.05) is 13.8 Å². The van der Waals surface area contributed by atoms with E-state index in [2.05, 4.69) is 5.32 Å². The first-order valence-electron chi connectivity index (χ1n) is 7.29. The SMILES string of the molecule is CCC(C)NC(=O)CCN(c1ccc(OC)c(Cl)c1)S(C)(=O)=O. The monoisotopic (exact) mass is 362 g/mol. The molecule has 0 radical (unpaired) electrons. The lowest BCUT2D eigenvalue weighted by atomic mass is 10.2. The number of nitrogens with zero attached hydrogens (tertiary/aromatic N) is 1. The summed E-state index contributed by atoms with van der Waals surface area (Å²) in [6.45, 7) is 3.91. The van der Waals surface area contributed by atoms with E-state index in [1.165, 1.54) is 13.2 Å². The summed E-state index contributed by atoms with van der Waals surface area (Å²) < 4.78 is 30.2. The van der Waals surface area contributed by atoms with Crippen molar-refractivity contribution in [3.63, 3.8) is 0 Å². The summed E-state index contributed by atoms with van der Waals surface area (Å²) in [4.78, 5) is 11.9. The Morgan fingerprint density at radius 2 is 2.09 bits per heavy atom. The maximum atomic E-state index is 12.0. The topological polar surface area (TPSA) is 75.7 Å². The summed E-state index contributed by atoms with van der Waals surface area (Å²) in [6, 6.07) is 4.76. The van der Waals surface area contributed by atoms with E-state index in [0.717, 1.165) is 17.0 Å². The van der Waals surface area contributed by atoms with Gasteiger partial charge in [-0.25, -0.2) is 8.42 Å². The number of rotatable bonds is 8. The van der Waals surface area contributed by atoms with Crippen molar-refractivity contribution >= 4 is 33.2 Å². The fraction of sp³-hybridized carbons (Fsp3) is 0.533. The quantitative estimate of drug-likeness (QED) is 0.770. The third kappa shape index (κ3) is 5.91. The van der Waals surface area contributed by atoms with Gasteiger partial charge in [-0.15, -0.1) is 0 Å². The van der Waals surface area contributed by atoms with Crippen LogP contribution in [0.25, 0.3) is 0 Å². The summed E-state index contributed by atoms with van der Waals surface area (Å²) in [6.07, 6.45) is 1.98. The molecule has 1 atom stereocenters. The Kier molecular flexibility index (Phi) is 7.15. The molecule has 0 fully saturated rings. The highest BCUT2D eigenvalue weighted by molar-refractivity contribution is 7.92. The number of hydrogen-bond donors (Lipinski definition) is 1. The minimum absolute atomic E-state index is 0.0454. The van der Waals surface area contributed by atoms with Gasteiger partial charge in [0.2, 0.25) is 15.9 Å². The highest BCUT2D eigenvalue weighted by Crippen LogP contribution is 2.30. The van der Waals surface area contributed by atoms with Gasteiger partial charge in [0, 0.05) is 19.0 Å². The first kappa shape index (κ1) is 19.6. The standard InChI is InChI=1S/C15H23ClN2O4S/c1-5-11(2)17-15(19)8-9-18(23(4,20)21)12-6-7-14(22-3)13(16)10-12/h6-7,10-11H,5,8-9H2,1-4H3,(H,17,19). The number of methoxy groups -OCH3 is 1. The third-order valence-electron chi connectivity index (χ3n) is 3.39. The summed E-state index contributed by atoms with van der Waals surface area (Å²) in [7, 11) is -2.05. The van der Waals surface area contributed by atoms with Gasteiger partial charge in [-0.1, -0.05) is 18.5 Å². The number of benzene rings is 1. The van der Waals surface area contributed by atoms with E-state index in [1.54, 1.807) is 12.1 Å². The highest BCUT2D eigenvalue weighted by Gasteiger charge is 2.20. The summed E-state index contributed by atoms with van der Waals surface area (Å²) in [5.41, 5.74) is 0.398. The molecule has 0 aliphatic carbocycles. The Morgan fingerprint density at radius 3 is 2.57 bits per heavy atom. The van der Waals surface area contributed by atoms with Crippen molar-refractivity contribution < 1.29 is 17.9 Å². The molecule has 23 heavy (non-hydrogen) atoms. The molecule has 0 heterocycles. The van der Waals surface area contributed by atoms with Crippen molar-refractivity contribution in [3.8, 4) is 5.75 Å². The smallest absolute Gasteiger partial charge is 0.232 e. The molecule has 1 aromatic rings. The van der Waals surface area contributed by atoms with Gasteiger partial charge in [0.05, 0.1) is 24.1 Å².